The summed E-state index contributed by atoms with van der Waals surface area (Å²) in [7, 11) is -2.68. The van der Waals surface area contributed by atoms with Gasteiger partial charge in [-0.3, -0.25) is 0 Å². The van der Waals surface area contributed by atoms with Crippen molar-refractivity contribution in [3.63, 3.8) is 0 Å². The van der Waals surface area contributed by atoms with Gasteiger partial charge in [0.1, 0.15) is 11.9 Å². The lowest BCUT2D eigenvalue weighted by Crippen LogP contribution is -2.67. The third-order valence-corrected chi connectivity index (χ3v) is 10.6. The maximum Gasteiger partial charge on any atom is 0.261 e. The first-order valence-corrected chi connectivity index (χ1v) is 12.8. The van der Waals surface area contributed by atoms with Crippen molar-refractivity contribution in [2.45, 2.75) is 59.1 Å². The van der Waals surface area contributed by atoms with Crippen molar-refractivity contribution in [1.82, 2.24) is 0 Å². The van der Waals surface area contributed by atoms with Crippen LogP contribution in [0.25, 0.3) is 0 Å². The van der Waals surface area contributed by atoms with Crippen LogP contribution in [0, 0.1) is 11.8 Å². The molecule has 0 radical (unpaired) electrons. The van der Waals surface area contributed by atoms with Gasteiger partial charge in [0.15, 0.2) is 0 Å². The minimum atomic E-state index is -2.68. The van der Waals surface area contributed by atoms with Gasteiger partial charge in [-0.2, -0.15) is 0 Å². The molecule has 0 fully saturated rings. The Balaban J connectivity index is 2.38. The summed E-state index contributed by atoms with van der Waals surface area (Å²) in [5.41, 5.74) is 0. The van der Waals surface area contributed by atoms with Crippen LogP contribution >= 0.6 is 0 Å². The van der Waals surface area contributed by atoms with Crippen molar-refractivity contribution in [3.05, 3.63) is 72.6 Å². The highest BCUT2D eigenvalue weighted by Crippen LogP contribution is 2.37. The van der Waals surface area contributed by atoms with E-state index in [0.717, 1.165) is 0 Å². The van der Waals surface area contributed by atoms with Crippen LogP contribution in [-0.4, -0.2) is 26.1 Å². The second-order valence-corrected chi connectivity index (χ2v) is 13.9. The summed E-state index contributed by atoms with van der Waals surface area (Å²) >= 11 is 0. The normalized spacial score (nSPS) is 15.3. The van der Waals surface area contributed by atoms with Crippen LogP contribution in [0.2, 0.25) is 5.04 Å². The Morgan fingerprint density at radius 2 is 1.43 bits per heavy atom. The molecule has 2 rings (SSSR count). The average molecular weight is 429 g/mol. The highest BCUT2D eigenvalue weighted by Gasteiger charge is 2.50. The van der Waals surface area contributed by atoms with E-state index in [0.29, 0.717) is 12.3 Å². The molecule has 2 aromatic carbocycles. The van der Waals surface area contributed by atoms with E-state index in [9.17, 15) is 9.50 Å². The summed E-state index contributed by atoms with van der Waals surface area (Å²) in [5.74, 6) is -0.455. The van der Waals surface area contributed by atoms with E-state index in [4.69, 9.17) is 4.43 Å². The third-order valence-electron chi connectivity index (χ3n) is 5.59. The average Bonchev–Trinajstić information content (AvgIpc) is 2.72. The van der Waals surface area contributed by atoms with Crippen LogP contribution in [0.4, 0.5) is 4.39 Å². The summed E-state index contributed by atoms with van der Waals surface area (Å²) in [5, 5.41) is 12.7. The van der Waals surface area contributed by atoms with Gasteiger partial charge in [-0.15, -0.1) is 0 Å². The van der Waals surface area contributed by atoms with Crippen molar-refractivity contribution >= 4 is 18.7 Å². The van der Waals surface area contributed by atoms with Crippen molar-refractivity contribution in [3.8, 4) is 0 Å². The van der Waals surface area contributed by atoms with Gasteiger partial charge in [-0.25, -0.2) is 4.39 Å². The van der Waals surface area contributed by atoms with Crippen molar-refractivity contribution in [2.24, 2.45) is 11.8 Å². The summed E-state index contributed by atoms with van der Waals surface area (Å²) in [6, 6.07) is 20.7. The zero-order valence-corrected chi connectivity index (χ0v) is 20.2. The van der Waals surface area contributed by atoms with Crippen molar-refractivity contribution in [2.75, 3.05) is 6.61 Å². The van der Waals surface area contributed by atoms with Crippen LogP contribution < -0.4 is 10.4 Å². The van der Waals surface area contributed by atoms with Gasteiger partial charge in [0, 0.05) is 12.5 Å². The van der Waals surface area contributed by atoms with Gasteiger partial charge in [0.25, 0.3) is 8.32 Å². The number of halogens is 1. The maximum atomic E-state index is 14.5. The predicted octanol–water partition coefficient (Wildman–Crippen LogP) is 5.46. The Labute approximate surface area is 182 Å². The lowest BCUT2D eigenvalue weighted by molar-refractivity contribution is 0.0904. The van der Waals surface area contributed by atoms with E-state index in [2.05, 4.69) is 45.0 Å². The Hall–Kier alpha value is -1.75. The van der Waals surface area contributed by atoms with Gasteiger partial charge in [0.05, 0.1) is 0 Å². The minimum absolute atomic E-state index is 0.146. The SMILES string of the molecule is CC(C)CC=C(F)C(O)C(C)CO[Si](c1ccccc1)(c1ccccc1)C(C)(C)C. The largest absolute Gasteiger partial charge is 0.407 e. The molecule has 0 amide bonds. The molecule has 0 heterocycles. The van der Waals surface area contributed by atoms with Crippen LogP contribution in [0.3, 0.4) is 0 Å². The third kappa shape index (κ3) is 5.69. The molecule has 1 N–H and O–H groups in total. The number of rotatable bonds is 9. The zero-order valence-electron chi connectivity index (χ0n) is 19.2. The Morgan fingerprint density at radius 1 is 0.967 bits per heavy atom. The molecule has 2 atom stereocenters. The predicted molar refractivity (Wildman–Crippen MR) is 127 cm³/mol. The topological polar surface area (TPSA) is 29.5 Å². The summed E-state index contributed by atoms with van der Waals surface area (Å²) < 4.78 is 21.3. The van der Waals surface area contributed by atoms with Crippen molar-refractivity contribution < 1.29 is 13.9 Å². The standard InChI is InChI=1S/C26H37FO2Si/c1-20(2)17-18-24(27)25(28)21(3)19-29-30(26(4,5)6,22-13-9-7-10-14-22)23-15-11-8-12-16-23/h7-16,18,20-21,25,28H,17,19H2,1-6H3. The smallest absolute Gasteiger partial charge is 0.261 e. The fourth-order valence-corrected chi connectivity index (χ4v) is 8.52. The van der Waals surface area contributed by atoms with E-state index >= 15 is 0 Å². The van der Waals surface area contributed by atoms with E-state index in [-0.39, 0.29) is 17.6 Å². The molecule has 0 aromatic heterocycles. The molecule has 0 saturated carbocycles. The molecule has 4 heteroatoms. The maximum absolute atomic E-state index is 14.5. The van der Waals surface area contributed by atoms with Crippen LogP contribution in [-0.2, 0) is 4.43 Å². The fraction of sp³-hybridized carbons (Fsp3) is 0.462. The molecule has 2 aromatic rings. The monoisotopic (exact) mass is 428 g/mol. The first-order valence-electron chi connectivity index (χ1n) is 10.9. The number of hydrogen-bond acceptors (Lipinski definition) is 2. The number of hydrogen-bond donors (Lipinski definition) is 1. The number of allylic oxidation sites excluding steroid dienone is 1. The fourth-order valence-electron chi connectivity index (χ4n) is 3.85. The highest BCUT2D eigenvalue weighted by atomic mass is 28.4. The summed E-state index contributed by atoms with van der Waals surface area (Å²) in [6.07, 6.45) is 0.974. The van der Waals surface area contributed by atoms with Crippen LogP contribution in [0.5, 0.6) is 0 Å². The second-order valence-electron chi connectivity index (χ2n) is 9.61. The number of aliphatic hydroxyl groups excluding tert-OH is 1. The van der Waals surface area contributed by atoms with Crippen LogP contribution in [0.1, 0.15) is 48.0 Å². The molecule has 2 unspecified atom stereocenters. The van der Waals surface area contributed by atoms with Gasteiger partial charge in [0.2, 0.25) is 0 Å². The molecular weight excluding hydrogens is 391 g/mol. The van der Waals surface area contributed by atoms with Crippen LogP contribution in [0.15, 0.2) is 72.6 Å². The molecule has 0 spiro atoms. The summed E-state index contributed by atoms with van der Waals surface area (Å²) in [4.78, 5) is 0. The Morgan fingerprint density at radius 3 is 1.83 bits per heavy atom. The molecular formula is C26H37FO2Si. The molecule has 2 nitrogen and oxygen atoms in total. The minimum Gasteiger partial charge on any atom is -0.407 e. The number of aliphatic hydroxyl groups is 1. The lowest BCUT2D eigenvalue weighted by atomic mass is 10.0. The molecule has 0 aliphatic carbocycles. The second kappa shape index (κ2) is 10.5. The Bertz CT molecular complexity index is 757. The first-order chi connectivity index (χ1) is 14.1. The molecule has 0 aliphatic rings. The quantitative estimate of drug-likeness (QED) is 0.538. The molecule has 30 heavy (non-hydrogen) atoms. The van der Waals surface area contributed by atoms with Gasteiger partial charge in [-0.1, -0.05) is 102 Å². The summed E-state index contributed by atoms with van der Waals surface area (Å²) in [6.45, 7) is 12.8. The van der Waals surface area contributed by atoms with E-state index in [1.54, 1.807) is 0 Å². The van der Waals surface area contributed by atoms with Gasteiger partial charge < -0.3 is 9.53 Å². The molecule has 0 aliphatic heterocycles. The van der Waals surface area contributed by atoms with Gasteiger partial charge in [-0.05, 0) is 33.8 Å². The van der Waals surface area contributed by atoms with E-state index in [1.807, 2.05) is 57.2 Å². The zero-order chi connectivity index (χ0) is 22.4. The van der Waals surface area contributed by atoms with E-state index < -0.39 is 20.2 Å². The van der Waals surface area contributed by atoms with E-state index in [1.165, 1.54) is 16.4 Å². The molecule has 0 saturated heterocycles. The molecule has 0 bridgehead atoms. The lowest BCUT2D eigenvalue weighted by Gasteiger charge is -2.43. The van der Waals surface area contributed by atoms with Gasteiger partial charge >= 0.3 is 0 Å². The Kier molecular flexibility index (Phi) is 8.59. The number of benzene rings is 2. The highest BCUT2D eigenvalue weighted by molar-refractivity contribution is 6.99. The first kappa shape index (κ1) is 24.5. The van der Waals surface area contributed by atoms with Crippen molar-refractivity contribution in [1.29, 1.82) is 0 Å². The molecule has 164 valence electrons.